The zero-order chi connectivity index (χ0) is 27.6. The Kier molecular flexibility index (Phi) is 16.4. The van der Waals surface area contributed by atoms with E-state index in [0.717, 1.165) is 43.1 Å². The van der Waals surface area contributed by atoms with Gasteiger partial charge in [-0.2, -0.15) is 13.2 Å². The smallest absolute Gasteiger partial charge is 0.378 e. The number of anilines is 1. The maximum atomic E-state index is 12.6. The lowest BCUT2D eigenvalue weighted by atomic mass is 10.1. The minimum Gasteiger partial charge on any atom is -0.378 e. The summed E-state index contributed by atoms with van der Waals surface area (Å²) in [5.74, 6) is 1.01. The highest BCUT2D eigenvalue weighted by molar-refractivity contribution is 7.99. The third kappa shape index (κ3) is 14.2. The molecule has 0 aliphatic rings. The molecule has 0 aliphatic carbocycles. The third-order valence-electron chi connectivity index (χ3n) is 5.64. The van der Waals surface area contributed by atoms with Crippen LogP contribution in [-0.4, -0.2) is 48.9 Å². The van der Waals surface area contributed by atoms with Gasteiger partial charge in [-0.05, 0) is 75.6 Å². The minimum absolute atomic E-state index is 0.0654. The molecule has 0 aromatic heterocycles. The second-order valence-electron chi connectivity index (χ2n) is 8.80. The first-order chi connectivity index (χ1) is 18.3. The average molecular weight is 592 g/mol. The molecule has 0 amide bonds. The lowest BCUT2D eigenvalue weighted by molar-refractivity contribution is -0.106. The van der Waals surface area contributed by atoms with E-state index in [0.29, 0.717) is 5.69 Å². The number of rotatable bonds is 20. The molecule has 0 saturated heterocycles. The summed E-state index contributed by atoms with van der Waals surface area (Å²) >= 11 is 2.43. The number of unbranched alkanes of at least 4 members (excludes halogenated alkanes) is 3. The Hall–Kier alpha value is -1.24. The van der Waals surface area contributed by atoms with E-state index in [4.69, 9.17) is 4.89 Å². The molecule has 0 heterocycles. The lowest BCUT2D eigenvalue weighted by Gasteiger charge is -2.26. The molecular weight excluding hydrogens is 552 g/mol. The molecule has 0 fully saturated rings. The molecule has 1 unspecified atom stereocenters. The summed E-state index contributed by atoms with van der Waals surface area (Å²) in [5, 5.41) is 3.54. The van der Waals surface area contributed by atoms with Gasteiger partial charge in [0.1, 0.15) is 0 Å². The van der Waals surface area contributed by atoms with Gasteiger partial charge in [-0.1, -0.05) is 51.3 Å². The van der Waals surface area contributed by atoms with Gasteiger partial charge in [-0.3, -0.25) is 4.72 Å². The molecule has 2 aromatic rings. The monoisotopic (exact) mass is 591 g/mol. The molecule has 1 atom stereocenters. The van der Waals surface area contributed by atoms with E-state index in [9.17, 15) is 13.2 Å². The molecule has 214 valence electrons. The summed E-state index contributed by atoms with van der Waals surface area (Å²) < 4.78 is 45.3. The van der Waals surface area contributed by atoms with E-state index in [1.54, 1.807) is 24.9 Å². The van der Waals surface area contributed by atoms with E-state index >= 15 is 0 Å². The van der Waals surface area contributed by atoms with E-state index in [1.807, 2.05) is 30.3 Å². The SMILES string of the molecule is CCCCCCN(CCC)CCC(CSc1ccccc1)Nc1ccc(SNC)cc1OOSC(F)(F)F. The standard InChI is InChI=1S/C27H40F3N3O2S3/c1-4-6-7-11-18-33(17-5-2)19-16-22(21-36-23-12-9-8-10-13-23)32-25-15-14-24(37-31-3)20-26(25)34-35-38-27(28,29)30/h8-10,12-15,20,22,31-32H,4-7,11,16-19,21H2,1-3H3. The number of nitrogens with one attached hydrogen (secondary N) is 2. The fourth-order valence-electron chi connectivity index (χ4n) is 3.85. The predicted octanol–water partition coefficient (Wildman–Crippen LogP) is 8.65. The van der Waals surface area contributed by atoms with E-state index in [1.165, 1.54) is 42.5 Å². The summed E-state index contributed by atoms with van der Waals surface area (Å²) in [6.07, 6.45) is 6.91. The van der Waals surface area contributed by atoms with Crippen LogP contribution in [0, 0.1) is 0 Å². The summed E-state index contributed by atoms with van der Waals surface area (Å²) in [6.45, 7) is 7.50. The Morgan fingerprint density at radius 3 is 2.39 bits per heavy atom. The fraction of sp³-hybridized carbons (Fsp3) is 0.556. The first kappa shape index (κ1) is 33.0. The van der Waals surface area contributed by atoms with Crippen molar-refractivity contribution in [3.8, 4) is 5.75 Å². The molecule has 0 spiro atoms. The van der Waals surface area contributed by atoms with Crippen molar-refractivity contribution in [2.75, 3.05) is 37.8 Å². The van der Waals surface area contributed by atoms with Gasteiger partial charge >= 0.3 is 5.51 Å². The second kappa shape index (κ2) is 18.9. The zero-order valence-electron chi connectivity index (χ0n) is 22.4. The van der Waals surface area contributed by atoms with Crippen LogP contribution in [0.2, 0.25) is 0 Å². The maximum Gasteiger partial charge on any atom is 0.471 e. The number of nitrogens with zero attached hydrogens (tertiary/aromatic N) is 1. The van der Waals surface area contributed by atoms with E-state index < -0.39 is 17.6 Å². The molecule has 0 radical (unpaired) electrons. The van der Waals surface area contributed by atoms with Gasteiger partial charge in [0.2, 0.25) is 0 Å². The largest absolute Gasteiger partial charge is 0.471 e. The Labute approximate surface area is 238 Å². The van der Waals surface area contributed by atoms with E-state index in [2.05, 4.69) is 45.3 Å². The quantitative estimate of drug-likeness (QED) is 0.0396. The Balaban J connectivity index is 2.14. The highest BCUT2D eigenvalue weighted by atomic mass is 32.2. The molecular formula is C27H40F3N3O2S3. The zero-order valence-corrected chi connectivity index (χ0v) is 24.8. The van der Waals surface area contributed by atoms with Crippen molar-refractivity contribution < 1.29 is 22.4 Å². The van der Waals surface area contributed by atoms with Crippen molar-refractivity contribution in [3.63, 3.8) is 0 Å². The minimum atomic E-state index is -4.56. The molecule has 0 saturated carbocycles. The number of halogens is 3. The van der Waals surface area contributed by atoms with Crippen LogP contribution < -0.4 is 14.9 Å². The van der Waals surface area contributed by atoms with Crippen LogP contribution in [-0.2, 0) is 4.33 Å². The first-order valence-corrected chi connectivity index (χ1v) is 15.6. The van der Waals surface area contributed by atoms with Gasteiger partial charge < -0.3 is 15.1 Å². The van der Waals surface area contributed by atoms with Crippen LogP contribution in [0.15, 0.2) is 58.3 Å². The van der Waals surface area contributed by atoms with Crippen LogP contribution in [0.4, 0.5) is 18.9 Å². The number of benzene rings is 2. The number of hydrogen-bond acceptors (Lipinski definition) is 8. The Bertz CT molecular complexity index is 895. The molecule has 5 nitrogen and oxygen atoms in total. The van der Waals surface area contributed by atoms with Crippen LogP contribution in [0.3, 0.4) is 0 Å². The van der Waals surface area contributed by atoms with Gasteiger partial charge in [0.25, 0.3) is 0 Å². The Morgan fingerprint density at radius 1 is 0.921 bits per heavy atom. The van der Waals surface area contributed by atoms with Crippen molar-refractivity contribution >= 4 is 41.4 Å². The highest BCUT2D eigenvalue weighted by Crippen LogP contribution is 2.35. The van der Waals surface area contributed by atoms with Crippen molar-refractivity contribution in [2.24, 2.45) is 0 Å². The maximum absolute atomic E-state index is 12.6. The van der Waals surface area contributed by atoms with Crippen LogP contribution in [0.5, 0.6) is 5.75 Å². The fourth-order valence-corrected chi connectivity index (χ4v) is 5.56. The molecule has 2 aromatic carbocycles. The van der Waals surface area contributed by atoms with Crippen LogP contribution >= 0.6 is 35.8 Å². The average Bonchev–Trinajstić information content (AvgIpc) is 2.89. The van der Waals surface area contributed by atoms with Gasteiger partial charge in [-0.25, -0.2) is 0 Å². The van der Waals surface area contributed by atoms with Crippen LogP contribution in [0.25, 0.3) is 0 Å². The third-order valence-corrected chi connectivity index (χ3v) is 7.83. The van der Waals surface area contributed by atoms with Crippen molar-refractivity contribution in [1.29, 1.82) is 0 Å². The van der Waals surface area contributed by atoms with Gasteiger partial charge in [0, 0.05) is 34.2 Å². The summed E-state index contributed by atoms with van der Waals surface area (Å²) in [5.41, 5.74) is -3.96. The number of hydrogen-bond donors (Lipinski definition) is 2. The van der Waals surface area contributed by atoms with Crippen molar-refractivity contribution in [1.82, 2.24) is 9.62 Å². The molecule has 0 aliphatic heterocycles. The molecule has 0 bridgehead atoms. The Morgan fingerprint density at radius 2 is 1.71 bits per heavy atom. The second-order valence-corrected chi connectivity index (χ2v) is 11.7. The normalized spacial score (nSPS) is 12.6. The summed E-state index contributed by atoms with van der Waals surface area (Å²) in [7, 11) is 1.77. The summed E-state index contributed by atoms with van der Waals surface area (Å²) in [6, 6.07) is 15.6. The number of alkyl halides is 3. The molecule has 38 heavy (non-hydrogen) atoms. The van der Waals surface area contributed by atoms with E-state index in [-0.39, 0.29) is 11.8 Å². The van der Waals surface area contributed by atoms with Crippen LogP contribution in [0.1, 0.15) is 52.4 Å². The molecule has 11 heteroatoms. The van der Waals surface area contributed by atoms with Gasteiger partial charge in [-0.15, -0.1) is 16.1 Å². The lowest BCUT2D eigenvalue weighted by Crippen LogP contribution is -2.32. The van der Waals surface area contributed by atoms with Gasteiger partial charge in [0.05, 0.1) is 5.69 Å². The van der Waals surface area contributed by atoms with Gasteiger partial charge in [0.15, 0.2) is 17.8 Å². The summed E-state index contributed by atoms with van der Waals surface area (Å²) in [4.78, 5) is 9.61. The first-order valence-electron chi connectivity index (χ1n) is 13.1. The topological polar surface area (TPSA) is 45.8 Å². The van der Waals surface area contributed by atoms with Crippen molar-refractivity contribution in [3.05, 3.63) is 48.5 Å². The molecule has 2 N–H and O–H groups in total. The highest BCUT2D eigenvalue weighted by Gasteiger charge is 2.31. The predicted molar refractivity (Wildman–Crippen MR) is 157 cm³/mol. The van der Waals surface area contributed by atoms with Crippen molar-refractivity contribution in [2.45, 2.75) is 73.7 Å². The number of thioether (sulfide) groups is 1. The molecule has 2 rings (SSSR count).